The molecule has 0 unspecified atom stereocenters. The standard InChI is InChI=1S/C12H8Cl2N4O3/c1-6-3-2-4-7(18(20)21)8(6)12(19)17-11-9(13)10(14)15-5-16-11/h2-5H,1H3,(H,15,16,17,19). The van der Waals surface area contributed by atoms with E-state index in [-0.39, 0.29) is 27.2 Å². The molecule has 2 rings (SSSR count). The summed E-state index contributed by atoms with van der Waals surface area (Å²) in [5.41, 5.74) is 0.0926. The number of hydrogen-bond acceptors (Lipinski definition) is 5. The Morgan fingerprint density at radius 3 is 2.71 bits per heavy atom. The van der Waals surface area contributed by atoms with Gasteiger partial charge in [-0.2, -0.15) is 0 Å². The van der Waals surface area contributed by atoms with Crippen LogP contribution in [-0.2, 0) is 0 Å². The number of benzene rings is 1. The predicted octanol–water partition coefficient (Wildman–Crippen LogP) is 3.25. The lowest BCUT2D eigenvalue weighted by molar-refractivity contribution is -0.385. The molecule has 1 aromatic heterocycles. The second-order valence-electron chi connectivity index (χ2n) is 4.01. The molecule has 7 nitrogen and oxygen atoms in total. The number of hydrogen-bond donors (Lipinski definition) is 1. The van der Waals surface area contributed by atoms with Crippen molar-refractivity contribution in [1.29, 1.82) is 0 Å². The number of aromatic nitrogens is 2. The largest absolute Gasteiger partial charge is 0.305 e. The highest BCUT2D eigenvalue weighted by molar-refractivity contribution is 6.43. The van der Waals surface area contributed by atoms with E-state index in [2.05, 4.69) is 15.3 Å². The van der Waals surface area contributed by atoms with Gasteiger partial charge in [-0.1, -0.05) is 35.3 Å². The van der Waals surface area contributed by atoms with Crippen LogP contribution in [0.4, 0.5) is 11.5 Å². The first-order chi connectivity index (χ1) is 9.91. The zero-order valence-electron chi connectivity index (χ0n) is 10.6. The number of aryl methyl sites for hydroxylation is 1. The van der Waals surface area contributed by atoms with E-state index in [1.54, 1.807) is 13.0 Å². The summed E-state index contributed by atoms with van der Waals surface area (Å²) >= 11 is 11.6. The van der Waals surface area contributed by atoms with Crippen LogP contribution in [-0.4, -0.2) is 20.8 Å². The average molecular weight is 327 g/mol. The summed E-state index contributed by atoms with van der Waals surface area (Å²) in [7, 11) is 0. The Kier molecular flexibility index (Phi) is 4.35. The van der Waals surface area contributed by atoms with Gasteiger partial charge in [-0.05, 0) is 12.5 Å². The van der Waals surface area contributed by atoms with Gasteiger partial charge < -0.3 is 5.32 Å². The summed E-state index contributed by atoms with van der Waals surface area (Å²) in [5.74, 6) is -0.712. The van der Waals surface area contributed by atoms with E-state index in [0.29, 0.717) is 5.56 Å². The number of nitrogens with zero attached hydrogens (tertiary/aromatic N) is 3. The normalized spacial score (nSPS) is 10.2. The maximum Gasteiger partial charge on any atom is 0.282 e. The molecule has 0 saturated heterocycles. The molecular weight excluding hydrogens is 319 g/mol. The van der Waals surface area contributed by atoms with Crippen molar-refractivity contribution in [1.82, 2.24) is 9.97 Å². The number of carbonyl (C=O) groups is 1. The molecule has 0 saturated carbocycles. The van der Waals surface area contributed by atoms with Crippen LogP contribution in [0.25, 0.3) is 0 Å². The van der Waals surface area contributed by atoms with Crippen LogP contribution < -0.4 is 5.32 Å². The third-order valence-corrected chi connectivity index (χ3v) is 3.39. The molecule has 0 radical (unpaired) electrons. The Bertz CT molecular complexity index is 736. The van der Waals surface area contributed by atoms with Crippen molar-refractivity contribution in [2.75, 3.05) is 5.32 Å². The molecule has 9 heteroatoms. The van der Waals surface area contributed by atoms with E-state index in [1.165, 1.54) is 12.1 Å². The summed E-state index contributed by atoms with van der Waals surface area (Å²) < 4.78 is 0. The van der Waals surface area contributed by atoms with Crippen LogP contribution in [0.1, 0.15) is 15.9 Å². The molecule has 1 N–H and O–H groups in total. The minimum absolute atomic E-state index is 0.0146. The second kappa shape index (κ2) is 6.02. The number of nitro groups is 1. The van der Waals surface area contributed by atoms with Crippen molar-refractivity contribution in [2.45, 2.75) is 6.92 Å². The lowest BCUT2D eigenvalue weighted by Gasteiger charge is -2.08. The van der Waals surface area contributed by atoms with Crippen molar-refractivity contribution < 1.29 is 9.72 Å². The summed E-state index contributed by atoms with van der Waals surface area (Å²) in [6.07, 6.45) is 1.12. The Morgan fingerprint density at radius 1 is 1.33 bits per heavy atom. The van der Waals surface area contributed by atoms with Crippen LogP contribution >= 0.6 is 23.2 Å². The van der Waals surface area contributed by atoms with Crippen molar-refractivity contribution in [2.24, 2.45) is 0 Å². The zero-order valence-corrected chi connectivity index (χ0v) is 12.1. The van der Waals surface area contributed by atoms with Gasteiger partial charge in [0.05, 0.1) is 4.92 Å². The molecule has 21 heavy (non-hydrogen) atoms. The van der Waals surface area contributed by atoms with Crippen LogP contribution in [0, 0.1) is 17.0 Å². The third kappa shape index (κ3) is 3.09. The predicted molar refractivity (Wildman–Crippen MR) is 77.8 cm³/mol. The molecule has 2 aromatic rings. The number of anilines is 1. The van der Waals surface area contributed by atoms with E-state index < -0.39 is 10.8 Å². The molecule has 0 fully saturated rings. The van der Waals surface area contributed by atoms with Gasteiger partial charge in [0.25, 0.3) is 11.6 Å². The van der Waals surface area contributed by atoms with Gasteiger partial charge in [0.2, 0.25) is 0 Å². The highest BCUT2D eigenvalue weighted by atomic mass is 35.5. The SMILES string of the molecule is Cc1cccc([N+](=O)[O-])c1C(=O)Nc1ncnc(Cl)c1Cl. The number of rotatable bonds is 3. The first kappa shape index (κ1) is 15.1. The molecule has 1 heterocycles. The smallest absolute Gasteiger partial charge is 0.282 e. The Balaban J connectivity index is 2.42. The lowest BCUT2D eigenvalue weighted by atomic mass is 10.1. The van der Waals surface area contributed by atoms with Gasteiger partial charge in [-0.3, -0.25) is 14.9 Å². The minimum Gasteiger partial charge on any atom is -0.305 e. The maximum absolute atomic E-state index is 12.2. The van der Waals surface area contributed by atoms with E-state index in [1.807, 2.05) is 0 Å². The Labute approximate surface area is 129 Å². The third-order valence-electron chi connectivity index (χ3n) is 2.65. The summed E-state index contributed by atoms with van der Waals surface area (Å²) in [6, 6.07) is 4.34. The second-order valence-corrected chi connectivity index (χ2v) is 4.74. The van der Waals surface area contributed by atoms with Gasteiger partial charge >= 0.3 is 0 Å². The van der Waals surface area contributed by atoms with E-state index in [0.717, 1.165) is 6.33 Å². The molecule has 1 amide bonds. The molecule has 0 bridgehead atoms. The van der Waals surface area contributed by atoms with Gasteiger partial charge in [0.1, 0.15) is 16.9 Å². The van der Waals surface area contributed by atoms with Crippen molar-refractivity contribution >= 4 is 40.6 Å². The number of nitrogens with one attached hydrogen (secondary N) is 1. The molecule has 0 spiro atoms. The van der Waals surface area contributed by atoms with Gasteiger partial charge in [0.15, 0.2) is 11.0 Å². The molecule has 0 atom stereocenters. The zero-order chi connectivity index (χ0) is 15.6. The molecule has 0 aliphatic heterocycles. The monoisotopic (exact) mass is 326 g/mol. The summed E-state index contributed by atoms with van der Waals surface area (Å²) in [4.78, 5) is 30.0. The first-order valence-corrected chi connectivity index (χ1v) is 6.38. The number of halogens is 2. The molecule has 0 aliphatic carbocycles. The number of amides is 1. The van der Waals surface area contributed by atoms with Crippen LogP contribution in [0.2, 0.25) is 10.2 Å². The minimum atomic E-state index is -0.698. The topological polar surface area (TPSA) is 98.0 Å². The molecule has 1 aromatic carbocycles. The summed E-state index contributed by atoms with van der Waals surface area (Å²) in [5, 5.41) is 13.3. The van der Waals surface area contributed by atoms with Crippen molar-refractivity contribution in [3.8, 4) is 0 Å². The van der Waals surface area contributed by atoms with E-state index >= 15 is 0 Å². The first-order valence-electron chi connectivity index (χ1n) is 5.63. The van der Waals surface area contributed by atoms with Crippen molar-refractivity contribution in [3.63, 3.8) is 0 Å². The van der Waals surface area contributed by atoms with Crippen LogP contribution in [0.3, 0.4) is 0 Å². The Hall–Kier alpha value is -2.25. The molecule has 108 valence electrons. The number of carbonyl (C=O) groups excluding carboxylic acids is 1. The average Bonchev–Trinajstić information content (AvgIpc) is 2.43. The fourth-order valence-electron chi connectivity index (χ4n) is 1.71. The maximum atomic E-state index is 12.2. The molecular formula is C12H8Cl2N4O3. The highest BCUT2D eigenvalue weighted by Gasteiger charge is 2.23. The van der Waals surface area contributed by atoms with Crippen LogP contribution in [0.5, 0.6) is 0 Å². The van der Waals surface area contributed by atoms with E-state index in [4.69, 9.17) is 23.2 Å². The van der Waals surface area contributed by atoms with Crippen LogP contribution in [0.15, 0.2) is 24.5 Å². The summed E-state index contributed by atoms with van der Waals surface area (Å²) in [6.45, 7) is 1.59. The molecule has 0 aliphatic rings. The van der Waals surface area contributed by atoms with Gasteiger partial charge in [-0.25, -0.2) is 9.97 Å². The van der Waals surface area contributed by atoms with Gasteiger partial charge in [-0.15, -0.1) is 0 Å². The highest BCUT2D eigenvalue weighted by Crippen LogP contribution is 2.27. The van der Waals surface area contributed by atoms with E-state index in [9.17, 15) is 14.9 Å². The lowest BCUT2D eigenvalue weighted by Crippen LogP contribution is -2.16. The fourth-order valence-corrected chi connectivity index (χ4v) is 1.98. The van der Waals surface area contributed by atoms with Crippen molar-refractivity contribution in [3.05, 3.63) is 55.9 Å². The quantitative estimate of drug-likeness (QED) is 0.530. The number of nitro benzene ring substituents is 1. The van der Waals surface area contributed by atoms with Gasteiger partial charge in [0, 0.05) is 6.07 Å². The Morgan fingerprint density at radius 2 is 2.05 bits per heavy atom. The fraction of sp³-hybridized carbons (Fsp3) is 0.0833.